The third-order valence-corrected chi connectivity index (χ3v) is 13.4. The Morgan fingerprint density at radius 2 is 0.940 bits per heavy atom. The summed E-state index contributed by atoms with van der Waals surface area (Å²) in [7, 11) is 0. The summed E-state index contributed by atoms with van der Waals surface area (Å²) in [5.74, 6) is -0.186. The van der Waals surface area contributed by atoms with Crippen LogP contribution < -0.4 is 5.32 Å². The number of aliphatic hydroxyl groups excluding tert-OH is 5. The molecule has 1 rings (SSSR count). The third kappa shape index (κ3) is 37.6. The van der Waals surface area contributed by atoms with Gasteiger partial charge in [0.1, 0.15) is 24.4 Å². The van der Waals surface area contributed by atoms with E-state index < -0.39 is 49.5 Å². The monoisotopic (exact) mass is 946 g/mol. The predicted molar refractivity (Wildman–Crippen MR) is 281 cm³/mol. The van der Waals surface area contributed by atoms with Gasteiger partial charge in [0.05, 0.1) is 25.4 Å². The number of rotatable bonds is 48. The van der Waals surface area contributed by atoms with E-state index in [0.29, 0.717) is 6.42 Å². The molecule has 1 saturated heterocycles. The van der Waals surface area contributed by atoms with Gasteiger partial charge in [0.15, 0.2) is 6.29 Å². The summed E-state index contributed by atoms with van der Waals surface area (Å²) < 4.78 is 11.3. The summed E-state index contributed by atoms with van der Waals surface area (Å²) >= 11 is 0. The van der Waals surface area contributed by atoms with Gasteiger partial charge in [-0.15, -0.1) is 0 Å². The van der Waals surface area contributed by atoms with Crippen LogP contribution in [0.3, 0.4) is 0 Å². The van der Waals surface area contributed by atoms with Crippen LogP contribution in [0, 0.1) is 0 Å². The number of carbonyl (C=O) groups is 1. The second-order valence-corrected chi connectivity index (χ2v) is 19.7. The molecule has 9 nitrogen and oxygen atoms in total. The van der Waals surface area contributed by atoms with Gasteiger partial charge in [-0.1, -0.05) is 242 Å². The second kappa shape index (κ2) is 47.8. The van der Waals surface area contributed by atoms with Gasteiger partial charge in [0.2, 0.25) is 5.91 Å². The van der Waals surface area contributed by atoms with Crippen molar-refractivity contribution in [2.24, 2.45) is 0 Å². The van der Waals surface area contributed by atoms with E-state index in [1.807, 2.05) is 6.08 Å². The largest absolute Gasteiger partial charge is 0.394 e. The molecule has 1 aliphatic rings. The highest BCUT2D eigenvalue weighted by Gasteiger charge is 2.44. The molecule has 0 radical (unpaired) electrons. The number of ether oxygens (including phenoxy) is 2. The SMILES string of the molecule is CC/C=C\C/C=C\CCCCCCCCCCCCCCCCC(=O)NC(COC1OC(CO)C(O)C(O)C1O)C(O)/C=C/CC/C=C/CCCCCCCCCCCCCCCCCCC. The Morgan fingerprint density at radius 1 is 0.522 bits per heavy atom. The summed E-state index contributed by atoms with van der Waals surface area (Å²) in [5.41, 5.74) is 0. The summed E-state index contributed by atoms with van der Waals surface area (Å²) in [6.07, 6.45) is 56.0. The van der Waals surface area contributed by atoms with Gasteiger partial charge in [0, 0.05) is 6.42 Å². The zero-order valence-electron chi connectivity index (χ0n) is 43.4. The van der Waals surface area contributed by atoms with E-state index in [4.69, 9.17) is 9.47 Å². The molecule has 0 saturated carbocycles. The Bertz CT molecular complexity index is 1190. The van der Waals surface area contributed by atoms with Crippen LogP contribution in [0.2, 0.25) is 0 Å². The fraction of sp³-hybridized carbons (Fsp3) is 0.845. The first-order valence-electron chi connectivity index (χ1n) is 28.4. The molecule has 7 atom stereocenters. The van der Waals surface area contributed by atoms with Crippen molar-refractivity contribution in [1.82, 2.24) is 5.32 Å². The standard InChI is InChI=1S/C58H107NO8/c1-3-5-7-9-11-13-15-17-19-21-23-25-26-28-29-31-33-35-37-39-41-43-45-47-52(61)51(50-66-58-57(65)56(64)55(63)53(49-60)67-58)59-54(62)48-46-44-42-40-38-36-34-32-30-27-24-22-20-18-16-14-12-10-8-6-4-2/h6,8,12,14,37,39,45,47,51-53,55-58,60-61,63-65H,3-5,7,9-11,13,15-36,38,40-44,46,48-50H2,1-2H3,(H,59,62)/b8-6-,14-12-,39-37+,47-45+. The molecule has 1 amide bonds. The predicted octanol–water partition coefficient (Wildman–Crippen LogP) is 13.7. The van der Waals surface area contributed by atoms with E-state index in [-0.39, 0.29) is 12.5 Å². The van der Waals surface area contributed by atoms with Gasteiger partial charge in [0.25, 0.3) is 0 Å². The van der Waals surface area contributed by atoms with Crippen molar-refractivity contribution in [3.63, 3.8) is 0 Å². The van der Waals surface area contributed by atoms with Crippen molar-refractivity contribution in [2.45, 2.75) is 301 Å². The lowest BCUT2D eigenvalue weighted by Gasteiger charge is -2.40. The maximum Gasteiger partial charge on any atom is 0.220 e. The number of carbonyl (C=O) groups excluding carboxylic acids is 1. The number of unbranched alkanes of at least 4 members (excludes halogenated alkanes) is 32. The van der Waals surface area contributed by atoms with Gasteiger partial charge in [-0.3, -0.25) is 4.79 Å². The molecule has 0 aromatic rings. The number of hydrogen-bond donors (Lipinski definition) is 6. The molecule has 0 spiro atoms. The first-order chi connectivity index (χ1) is 32.8. The van der Waals surface area contributed by atoms with E-state index in [2.05, 4.69) is 55.6 Å². The third-order valence-electron chi connectivity index (χ3n) is 13.4. The Labute approximate surface area is 412 Å². The normalized spacial score (nSPS) is 20.0. The van der Waals surface area contributed by atoms with Crippen molar-refractivity contribution in [3.8, 4) is 0 Å². The van der Waals surface area contributed by atoms with Crippen LogP contribution >= 0.6 is 0 Å². The highest BCUT2D eigenvalue weighted by molar-refractivity contribution is 5.76. The number of aliphatic hydroxyl groups is 5. The van der Waals surface area contributed by atoms with Crippen molar-refractivity contribution < 1.29 is 39.8 Å². The smallest absolute Gasteiger partial charge is 0.220 e. The maximum atomic E-state index is 13.0. The number of amides is 1. The van der Waals surface area contributed by atoms with Gasteiger partial charge < -0.3 is 40.3 Å². The van der Waals surface area contributed by atoms with Gasteiger partial charge >= 0.3 is 0 Å². The minimum absolute atomic E-state index is 0.186. The molecule has 392 valence electrons. The van der Waals surface area contributed by atoms with Crippen molar-refractivity contribution in [3.05, 3.63) is 48.6 Å². The number of hydrogen-bond acceptors (Lipinski definition) is 8. The van der Waals surface area contributed by atoms with Crippen molar-refractivity contribution >= 4 is 5.91 Å². The lowest BCUT2D eigenvalue weighted by molar-refractivity contribution is -0.302. The average Bonchev–Trinajstić information content (AvgIpc) is 3.33. The van der Waals surface area contributed by atoms with Gasteiger partial charge in [-0.05, 0) is 57.8 Å². The van der Waals surface area contributed by atoms with Crippen LogP contribution in [0.5, 0.6) is 0 Å². The lowest BCUT2D eigenvalue weighted by Crippen LogP contribution is -2.60. The molecule has 0 aliphatic carbocycles. The first kappa shape index (κ1) is 63.2. The van der Waals surface area contributed by atoms with Gasteiger partial charge in [-0.25, -0.2) is 0 Å². The quantitative estimate of drug-likeness (QED) is 0.0261. The van der Waals surface area contributed by atoms with E-state index in [0.717, 1.165) is 51.4 Å². The number of allylic oxidation sites excluding steroid dienone is 7. The van der Waals surface area contributed by atoms with E-state index in [9.17, 15) is 30.3 Å². The summed E-state index contributed by atoms with van der Waals surface area (Å²) in [6, 6.07) is -0.822. The lowest BCUT2D eigenvalue weighted by atomic mass is 9.99. The Kier molecular flexibility index (Phi) is 45.1. The fourth-order valence-corrected chi connectivity index (χ4v) is 8.92. The summed E-state index contributed by atoms with van der Waals surface area (Å²) in [5, 5.41) is 54.5. The molecular weight excluding hydrogens is 839 g/mol. The Balaban J connectivity index is 2.26. The minimum atomic E-state index is -1.57. The van der Waals surface area contributed by atoms with Crippen LogP contribution in [-0.2, 0) is 14.3 Å². The first-order valence-corrected chi connectivity index (χ1v) is 28.4. The van der Waals surface area contributed by atoms with E-state index in [1.165, 1.54) is 186 Å². The molecule has 0 aromatic carbocycles. The summed E-state index contributed by atoms with van der Waals surface area (Å²) in [6.45, 7) is 3.69. The van der Waals surface area contributed by atoms with E-state index >= 15 is 0 Å². The van der Waals surface area contributed by atoms with Crippen LogP contribution in [0.4, 0.5) is 0 Å². The molecule has 67 heavy (non-hydrogen) atoms. The second-order valence-electron chi connectivity index (χ2n) is 19.7. The zero-order chi connectivity index (χ0) is 48.7. The van der Waals surface area contributed by atoms with Gasteiger partial charge in [-0.2, -0.15) is 0 Å². The highest BCUT2D eigenvalue weighted by atomic mass is 16.7. The highest BCUT2D eigenvalue weighted by Crippen LogP contribution is 2.23. The van der Waals surface area contributed by atoms with Crippen LogP contribution in [0.15, 0.2) is 48.6 Å². The van der Waals surface area contributed by atoms with Crippen molar-refractivity contribution in [2.75, 3.05) is 13.2 Å². The molecule has 7 unspecified atom stereocenters. The summed E-state index contributed by atoms with van der Waals surface area (Å²) in [4.78, 5) is 13.0. The molecule has 0 aromatic heterocycles. The zero-order valence-corrected chi connectivity index (χ0v) is 43.4. The molecular formula is C58H107NO8. The topological polar surface area (TPSA) is 149 Å². The Morgan fingerprint density at radius 3 is 1.42 bits per heavy atom. The molecule has 6 N–H and O–H groups in total. The molecule has 1 heterocycles. The van der Waals surface area contributed by atoms with Crippen LogP contribution in [0.25, 0.3) is 0 Å². The maximum absolute atomic E-state index is 13.0. The van der Waals surface area contributed by atoms with Crippen molar-refractivity contribution in [1.29, 1.82) is 0 Å². The van der Waals surface area contributed by atoms with E-state index in [1.54, 1.807) is 6.08 Å². The molecule has 1 aliphatic heterocycles. The van der Waals surface area contributed by atoms with Crippen LogP contribution in [0.1, 0.15) is 258 Å². The molecule has 0 bridgehead atoms. The molecule has 1 fully saturated rings. The molecule has 9 heteroatoms. The van der Waals surface area contributed by atoms with Crippen LogP contribution in [-0.4, -0.2) is 87.5 Å². The Hall–Kier alpha value is -1.85. The average molecular weight is 946 g/mol. The number of nitrogens with one attached hydrogen (secondary N) is 1. The minimum Gasteiger partial charge on any atom is -0.394 e. The fourth-order valence-electron chi connectivity index (χ4n) is 8.92.